The van der Waals surface area contributed by atoms with Crippen LogP contribution in [0.3, 0.4) is 0 Å². The van der Waals surface area contributed by atoms with Gasteiger partial charge in [0, 0.05) is 52.3 Å². The first-order chi connectivity index (χ1) is 15.4. The molecule has 1 unspecified atom stereocenters. The van der Waals surface area contributed by atoms with E-state index in [0.717, 1.165) is 64.0 Å². The van der Waals surface area contributed by atoms with Crippen LogP contribution in [-0.2, 0) is 10.2 Å². The number of rotatable bonds is 2. The van der Waals surface area contributed by atoms with E-state index in [-0.39, 0.29) is 25.6 Å². The number of benzene rings is 1. The van der Waals surface area contributed by atoms with Gasteiger partial charge >= 0.3 is 12.1 Å². The van der Waals surface area contributed by atoms with Crippen molar-refractivity contribution in [1.29, 1.82) is 0 Å². The van der Waals surface area contributed by atoms with Crippen LogP contribution in [0.25, 0.3) is 0 Å². The van der Waals surface area contributed by atoms with Gasteiger partial charge < -0.3 is 19.4 Å². The molecule has 1 spiro atoms. The number of carbonyl (C=O) groups excluding carboxylic acids is 2. The molecule has 7 nitrogen and oxygen atoms in total. The molecule has 174 valence electrons. The van der Waals surface area contributed by atoms with Crippen molar-refractivity contribution in [3.05, 3.63) is 29.8 Å². The van der Waals surface area contributed by atoms with E-state index in [9.17, 15) is 9.59 Å². The summed E-state index contributed by atoms with van der Waals surface area (Å²) in [6.45, 7) is 4.27. The van der Waals surface area contributed by atoms with Gasteiger partial charge in [-0.1, -0.05) is 24.1 Å². The summed E-state index contributed by atoms with van der Waals surface area (Å²) in [7, 11) is 3.63. The molecule has 2 saturated heterocycles. The second-order valence-corrected chi connectivity index (χ2v) is 9.43. The SMILES string of the molecule is C#CCOC(=O)N1CCCC(N2CCC3(CC2)CN(C(=O)N(C)C)c2ccccc23)CC1.[HH]. The Hall–Kier alpha value is -2.72. The number of terminal acetylenes is 1. The lowest BCUT2D eigenvalue weighted by Crippen LogP contribution is -2.50. The number of hydrogen-bond acceptors (Lipinski definition) is 4. The van der Waals surface area contributed by atoms with E-state index in [1.807, 2.05) is 25.1 Å². The van der Waals surface area contributed by atoms with Crippen molar-refractivity contribution in [2.24, 2.45) is 0 Å². The fourth-order valence-corrected chi connectivity index (χ4v) is 5.61. The molecular weight excluding hydrogens is 404 g/mol. The van der Waals surface area contributed by atoms with E-state index in [0.29, 0.717) is 12.6 Å². The number of carbonyl (C=O) groups is 2. The molecule has 4 rings (SSSR count). The van der Waals surface area contributed by atoms with Crippen molar-refractivity contribution in [2.45, 2.75) is 43.6 Å². The molecule has 7 heteroatoms. The van der Waals surface area contributed by atoms with Gasteiger partial charge in [0.15, 0.2) is 6.61 Å². The van der Waals surface area contributed by atoms with Crippen molar-refractivity contribution < 1.29 is 15.8 Å². The van der Waals surface area contributed by atoms with Crippen LogP contribution in [0, 0.1) is 12.3 Å². The van der Waals surface area contributed by atoms with Gasteiger partial charge in [0.2, 0.25) is 0 Å². The highest BCUT2D eigenvalue weighted by Crippen LogP contribution is 2.47. The van der Waals surface area contributed by atoms with Crippen LogP contribution in [0.2, 0.25) is 0 Å². The Morgan fingerprint density at radius 3 is 2.66 bits per heavy atom. The number of anilines is 1. The molecule has 1 atom stereocenters. The fourth-order valence-electron chi connectivity index (χ4n) is 5.61. The first-order valence-corrected chi connectivity index (χ1v) is 11.6. The summed E-state index contributed by atoms with van der Waals surface area (Å²) in [5.41, 5.74) is 2.42. The van der Waals surface area contributed by atoms with E-state index in [1.54, 1.807) is 9.80 Å². The summed E-state index contributed by atoms with van der Waals surface area (Å²) in [5, 5.41) is 0. The van der Waals surface area contributed by atoms with Gasteiger partial charge in [-0.2, -0.15) is 0 Å². The predicted molar refractivity (Wildman–Crippen MR) is 127 cm³/mol. The zero-order valence-corrected chi connectivity index (χ0v) is 19.3. The number of nitrogens with zero attached hydrogens (tertiary/aromatic N) is 4. The second kappa shape index (κ2) is 9.41. The van der Waals surface area contributed by atoms with Crippen molar-refractivity contribution in [1.82, 2.24) is 14.7 Å². The molecule has 3 amide bonds. The Balaban J connectivity index is 0.00000306. The summed E-state index contributed by atoms with van der Waals surface area (Å²) in [6.07, 6.45) is 10.0. The van der Waals surface area contributed by atoms with Crippen LogP contribution in [0.15, 0.2) is 24.3 Å². The predicted octanol–water partition coefficient (Wildman–Crippen LogP) is 3.39. The van der Waals surface area contributed by atoms with Gasteiger partial charge in [-0.15, -0.1) is 6.42 Å². The molecule has 3 heterocycles. The third-order valence-electron chi connectivity index (χ3n) is 7.35. The molecule has 1 aromatic carbocycles. The average molecular weight is 441 g/mol. The monoisotopic (exact) mass is 440 g/mol. The molecule has 2 fully saturated rings. The molecule has 3 aliphatic heterocycles. The number of hydrogen-bond donors (Lipinski definition) is 0. The second-order valence-electron chi connectivity index (χ2n) is 9.43. The van der Waals surface area contributed by atoms with E-state index in [1.165, 1.54) is 5.56 Å². The molecule has 3 aliphatic rings. The zero-order valence-electron chi connectivity index (χ0n) is 19.3. The zero-order chi connectivity index (χ0) is 22.7. The topological polar surface area (TPSA) is 56.3 Å². The van der Waals surface area contributed by atoms with E-state index in [4.69, 9.17) is 11.2 Å². The number of likely N-dealkylation sites (tertiary alicyclic amines) is 2. The first kappa shape index (κ1) is 22.5. The van der Waals surface area contributed by atoms with Gasteiger partial charge in [0.05, 0.1) is 0 Å². The van der Waals surface area contributed by atoms with Crippen LogP contribution < -0.4 is 4.90 Å². The van der Waals surface area contributed by atoms with Crippen LogP contribution >= 0.6 is 0 Å². The normalized spacial score (nSPS) is 22.7. The highest BCUT2D eigenvalue weighted by Gasteiger charge is 2.47. The summed E-state index contributed by atoms with van der Waals surface area (Å²) >= 11 is 0. The van der Waals surface area contributed by atoms with E-state index < -0.39 is 0 Å². The van der Waals surface area contributed by atoms with Crippen molar-refractivity contribution in [2.75, 3.05) is 58.3 Å². The van der Waals surface area contributed by atoms with Crippen molar-refractivity contribution in [3.8, 4) is 12.3 Å². The molecule has 0 aliphatic carbocycles. The maximum atomic E-state index is 12.8. The van der Waals surface area contributed by atoms with Crippen molar-refractivity contribution in [3.63, 3.8) is 0 Å². The van der Waals surface area contributed by atoms with Crippen molar-refractivity contribution >= 4 is 17.8 Å². The summed E-state index contributed by atoms with van der Waals surface area (Å²) in [5.74, 6) is 2.36. The molecule has 32 heavy (non-hydrogen) atoms. The molecule has 0 N–H and O–H groups in total. The standard InChI is InChI=1S/C25H34N4O3.H2/c1-4-18-32-24(31)28-14-7-8-20(11-15-28)27-16-12-25(13-17-27)19-29(23(30)26(2)3)22-10-6-5-9-21(22)25;/h1,5-6,9-10,20H,7-8,11-19H2,2-3H3;1H. The Kier molecular flexibility index (Phi) is 6.61. The largest absolute Gasteiger partial charge is 0.436 e. The molecule has 0 radical (unpaired) electrons. The highest BCUT2D eigenvalue weighted by atomic mass is 16.6. The first-order valence-electron chi connectivity index (χ1n) is 11.6. The number of para-hydroxylation sites is 1. The molecule has 1 aromatic rings. The van der Waals surface area contributed by atoms with Gasteiger partial charge in [-0.05, 0) is 56.8 Å². The summed E-state index contributed by atoms with van der Waals surface area (Å²) in [6, 6.07) is 8.94. The summed E-state index contributed by atoms with van der Waals surface area (Å²) in [4.78, 5) is 33.0. The Bertz CT molecular complexity index is 892. The minimum atomic E-state index is -0.297. The lowest BCUT2D eigenvalue weighted by Gasteiger charge is -2.43. The van der Waals surface area contributed by atoms with Gasteiger partial charge in [-0.3, -0.25) is 4.90 Å². The lowest BCUT2D eigenvalue weighted by atomic mass is 9.74. The average Bonchev–Trinajstić information content (AvgIpc) is 2.95. The Morgan fingerprint density at radius 1 is 1.19 bits per heavy atom. The number of amides is 3. The summed E-state index contributed by atoms with van der Waals surface area (Å²) < 4.78 is 5.11. The molecule has 0 aromatic heterocycles. The van der Waals surface area contributed by atoms with Gasteiger partial charge in [-0.25, -0.2) is 9.59 Å². The number of piperidine rings is 1. The Morgan fingerprint density at radius 2 is 1.94 bits per heavy atom. The fraction of sp³-hybridized carbons (Fsp3) is 0.600. The molecular formula is C25H36N4O3. The number of fused-ring (bicyclic) bond motifs is 2. The maximum absolute atomic E-state index is 12.8. The number of urea groups is 1. The quantitative estimate of drug-likeness (QED) is 0.662. The lowest BCUT2D eigenvalue weighted by molar-refractivity contribution is 0.103. The molecule has 0 saturated carbocycles. The van der Waals surface area contributed by atoms with Gasteiger partial charge in [0.25, 0.3) is 0 Å². The molecule has 0 bridgehead atoms. The minimum Gasteiger partial charge on any atom is -0.436 e. The van der Waals surface area contributed by atoms with E-state index >= 15 is 0 Å². The van der Waals surface area contributed by atoms with Gasteiger partial charge in [0.1, 0.15) is 0 Å². The van der Waals surface area contributed by atoms with Crippen LogP contribution in [0.4, 0.5) is 15.3 Å². The smallest absolute Gasteiger partial charge is 0.410 e. The third-order valence-corrected chi connectivity index (χ3v) is 7.35. The minimum absolute atomic E-state index is 0. The van der Waals surface area contributed by atoms with Crippen LogP contribution in [0.1, 0.15) is 39.1 Å². The third kappa shape index (κ3) is 4.29. The van der Waals surface area contributed by atoms with E-state index in [2.05, 4.69) is 29.0 Å². The van der Waals surface area contributed by atoms with Crippen LogP contribution in [-0.4, -0.2) is 86.3 Å². The number of ether oxygens (including phenoxy) is 1. The Labute approximate surface area is 192 Å². The highest BCUT2D eigenvalue weighted by molar-refractivity contribution is 5.95. The maximum Gasteiger partial charge on any atom is 0.410 e. The van der Waals surface area contributed by atoms with Crippen LogP contribution in [0.5, 0.6) is 0 Å².